The van der Waals surface area contributed by atoms with Gasteiger partial charge >= 0.3 is 0 Å². The highest BCUT2D eigenvalue weighted by Crippen LogP contribution is 2.60. The third-order valence-corrected chi connectivity index (χ3v) is 6.03. The summed E-state index contributed by atoms with van der Waals surface area (Å²) in [6.07, 6.45) is 7.26. The lowest BCUT2D eigenvalue weighted by Gasteiger charge is -2.70. The van der Waals surface area contributed by atoms with Crippen molar-refractivity contribution in [3.05, 3.63) is 65.3 Å². The first-order chi connectivity index (χ1) is 14.4. The summed E-state index contributed by atoms with van der Waals surface area (Å²) < 4.78 is 20.5. The van der Waals surface area contributed by atoms with Crippen LogP contribution in [0, 0.1) is 5.82 Å². The molecular formula is C21H18ClFN4O3. The van der Waals surface area contributed by atoms with Crippen LogP contribution in [0.2, 0.25) is 5.02 Å². The van der Waals surface area contributed by atoms with Crippen molar-refractivity contribution in [2.75, 3.05) is 6.61 Å². The third kappa shape index (κ3) is 3.27. The Morgan fingerprint density at radius 3 is 2.70 bits per heavy atom. The van der Waals surface area contributed by atoms with Gasteiger partial charge in [0.15, 0.2) is 6.61 Å². The van der Waals surface area contributed by atoms with Crippen LogP contribution in [-0.4, -0.2) is 38.9 Å². The van der Waals surface area contributed by atoms with Gasteiger partial charge in [0.1, 0.15) is 17.2 Å². The molecule has 0 radical (unpaired) electrons. The molecule has 0 aliphatic heterocycles. The van der Waals surface area contributed by atoms with E-state index in [1.54, 1.807) is 35.1 Å². The number of fused-ring (bicyclic) bond motifs is 1. The van der Waals surface area contributed by atoms with Gasteiger partial charge < -0.3 is 19.8 Å². The highest BCUT2D eigenvalue weighted by atomic mass is 35.5. The molecule has 2 amide bonds. The van der Waals surface area contributed by atoms with Crippen LogP contribution in [-0.2, 0) is 4.79 Å². The van der Waals surface area contributed by atoms with Crippen molar-refractivity contribution in [2.24, 2.45) is 0 Å². The van der Waals surface area contributed by atoms with Crippen molar-refractivity contribution in [1.82, 2.24) is 20.0 Å². The Labute approximate surface area is 176 Å². The van der Waals surface area contributed by atoms with E-state index in [2.05, 4.69) is 15.6 Å². The Morgan fingerprint density at radius 2 is 1.93 bits per heavy atom. The predicted molar refractivity (Wildman–Crippen MR) is 107 cm³/mol. The summed E-state index contributed by atoms with van der Waals surface area (Å²) in [6.45, 7) is -0.215. The molecule has 154 valence electrons. The molecule has 2 heterocycles. The van der Waals surface area contributed by atoms with Crippen molar-refractivity contribution in [1.29, 1.82) is 0 Å². The second-order valence-corrected chi connectivity index (χ2v) is 8.48. The summed E-state index contributed by atoms with van der Waals surface area (Å²) in [5.41, 5.74) is 0.774. The van der Waals surface area contributed by atoms with Crippen LogP contribution in [0.3, 0.4) is 0 Å². The number of rotatable bonds is 6. The number of benzene rings is 1. The van der Waals surface area contributed by atoms with Crippen molar-refractivity contribution >= 4 is 29.1 Å². The fourth-order valence-electron chi connectivity index (χ4n) is 4.47. The van der Waals surface area contributed by atoms with Crippen LogP contribution in [0.5, 0.6) is 5.75 Å². The lowest BCUT2D eigenvalue weighted by Crippen LogP contribution is -2.84. The topological polar surface area (TPSA) is 84.7 Å². The molecule has 0 saturated heterocycles. The van der Waals surface area contributed by atoms with Gasteiger partial charge in [-0.05, 0) is 43.5 Å². The number of pyridine rings is 1. The van der Waals surface area contributed by atoms with E-state index in [0.717, 1.165) is 11.7 Å². The van der Waals surface area contributed by atoms with Crippen molar-refractivity contribution in [2.45, 2.75) is 30.3 Å². The van der Waals surface area contributed by atoms with Crippen LogP contribution < -0.4 is 15.4 Å². The maximum atomic E-state index is 13.4. The Balaban J connectivity index is 1.11. The normalized spacial score (nSPS) is 23.9. The number of hydrogen-bond acceptors (Lipinski definition) is 4. The van der Waals surface area contributed by atoms with Gasteiger partial charge in [0.05, 0.1) is 10.6 Å². The standard InChI is InChI=1S/C21H18ClFN4O3/c22-15-3-2-14(7-16(15)23)30-9-18(28)25-20-10-21(11-20,12-20)26-19(29)13-1-4-17-24-5-6-27(17)8-13/h1-8H,9-12H2,(H,25,28)(H,26,29). The molecule has 2 N–H and O–H groups in total. The molecule has 3 aliphatic rings. The minimum absolute atomic E-state index is 0.00189. The van der Waals surface area contributed by atoms with Crippen molar-refractivity contribution in [3.8, 4) is 5.75 Å². The molecule has 1 aromatic carbocycles. The van der Waals surface area contributed by atoms with Gasteiger partial charge in [-0.1, -0.05) is 11.6 Å². The second-order valence-electron chi connectivity index (χ2n) is 8.07. The zero-order chi connectivity index (χ0) is 20.9. The zero-order valence-corrected chi connectivity index (χ0v) is 16.6. The van der Waals surface area contributed by atoms with Crippen LogP contribution >= 0.6 is 11.6 Å². The highest BCUT2D eigenvalue weighted by Gasteiger charge is 2.69. The number of aromatic nitrogens is 2. The van der Waals surface area contributed by atoms with E-state index in [0.29, 0.717) is 24.8 Å². The van der Waals surface area contributed by atoms with Crippen LogP contribution in [0.15, 0.2) is 48.9 Å². The molecule has 0 unspecified atom stereocenters. The quantitative estimate of drug-likeness (QED) is 0.632. The zero-order valence-electron chi connectivity index (χ0n) is 15.8. The SMILES string of the molecule is O=C(COc1ccc(Cl)c(F)c1)NC12CC(NC(=O)c3ccc4nccn4c3)(C1)C2. The number of nitrogens with one attached hydrogen (secondary N) is 2. The molecule has 0 atom stereocenters. The summed E-state index contributed by atoms with van der Waals surface area (Å²) in [5.74, 6) is -0.782. The molecule has 0 spiro atoms. The first-order valence-corrected chi connectivity index (χ1v) is 9.87. The Hall–Kier alpha value is -3.13. The molecule has 3 saturated carbocycles. The smallest absolute Gasteiger partial charge is 0.258 e. The van der Waals surface area contributed by atoms with Gasteiger partial charge in [-0.2, -0.15) is 0 Å². The second kappa shape index (κ2) is 6.70. The number of amides is 2. The lowest BCUT2D eigenvalue weighted by molar-refractivity contribution is -0.141. The van der Waals surface area contributed by atoms with Gasteiger partial charge in [-0.15, -0.1) is 0 Å². The fraction of sp³-hybridized carbons (Fsp3) is 0.286. The Bertz CT molecular complexity index is 1160. The van der Waals surface area contributed by atoms with Crippen molar-refractivity contribution < 1.29 is 18.7 Å². The lowest BCUT2D eigenvalue weighted by atomic mass is 9.44. The van der Waals surface area contributed by atoms with E-state index in [9.17, 15) is 14.0 Å². The third-order valence-electron chi connectivity index (χ3n) is 5.73. The Morgan fingerprint density at radius 1 is 1.17 bits per heavy atom. The van der Waals surface area contributed by atoms with E-state index in [4.69, 9.17) is 16.3 Å². The molecule has 2 aromatic heterocycles. The molecule has 30 heavy (non-hydrogen) atoms. The van der Waals surface area contributed by atoms with Gasteiger partial charge in [-0.3, -0.25) is 9.59 Å². The molecule has 3 aliphatic carbocycles. The molecule has 2 bridgehead atoms. The monoisotopic (exact) mass is 428 g/mol. The number of ether oxygens (including phenoxy) is 1. The minimum atomic E-state index is -0.598. The molecular weight excluding hydrogens is 411 g/mol. The van der Waals surface area contributed by atoms with E-state index in [1.807, 2.05) is 0 Å². The maximum Gasteiger partial charge on any atom is 0.258 e. The summed E-state index contributed by atoms with van der Waals surface area (Å²) >= 11 is 5.63. The summed E-state index contributed by atoms with van der Waals surface area (Å²) in [5, 5.41) is 6.05. The van der Waals surface area contributed by atoms with Gasteiger partial charge in [0.25, 0.3) is 11.8 Å². The number of halogens is 2. The molecule has 7 nitrogen and oxygen atoms in total. The van der Waals surface area contributed by atoms with E-state index >= 15 is 0 Å². The van der Waals surface area contributed by atoms with Crippen molar-refractivity contribution in [3.63, 3.8) is 0 Å². The van der Waals surface area contributed by atoms with Gasteiger partial charge in [0.2, 0.25) is 0 Å². The first kappa shape index (κ1) is 18.9. The molecule has 3 fully saturated rings. The number of carbonyl (C=O) groups is 2. The van der Waals surface area contributed by atoms with Gasteiger partial charge in [0, 0.05) is 35.7 Å². The maximum absolute atomic E-state index is 13.4. The van der Waals surface area contributed by atoms with E-state index in [1.165, 1.54) is 12.1 Å². The predicted octanol–water partition coefficient (Wildman–Crippen LogP) is 2.73. The summed E-state index contributed by atoms with van der Waals surface area (Å²) in [4.78, 5) is 28.9. The number of nitrogens with zero attached hydrogens (tertiary/aromatic N) is 2. The van der Waals surface area contributed by atoms with Crippen LogP contribution in [0.4, 0.5) is 4.39 Å². The average Bonchev–Trinajstić information content (AvgIpc) is 3.14. The van der Waals surface area contributed by atoms with Crippen LogP contribution in [0.1, 0.15) is 29.6 Å². The van der Waals surface area contributed by atoms with E-state index < -0.39 is 5.82 Å². The average molecular weight is 429 g/mol. The highest BCUT2D eigenvalue weighted by molar-refractivity contribution is 6.30. The first-order valence-electron chi connectivity index (χ1n) is 9.50. The molecule has 9 heteroatoms. The summed E-state index contributed by atoms with van der Waals surface area (Å²) in [6, 6.07) is 7.57. The number of imidazole rings is 1. The Kier molecular flexibility index (Phi) is 4.21. The summed E-state index contributed by atoms with van der Waals surface area (Å²) in [7, 11) is 0. The molecule has 6 rings (SSSR count). The largest absolute Gasteiger partial charge is 0.484 e. The number of carbonyl (C=O) groups excluding carboxylic acids is 2. The minimum Gasteiger partial charge on any atom is -0.484 e. The number of hydrogen-bond donors (Lipinski definition) is 2. The van der Waals surface area contributed by atoms with Gasteiger partial charge in [-0.25, -0.2) is 9.37 Å². The van der Waals surface area contributed by atoms with Crippen LogP contribution in [0.25, 0.3) is 5.65 Å². The van der Waals surface area contributed by atoms with E-state index in [-0.39, 0.29) is 40.3 Å². The molecule has 3 aromatic rings. The fourth-order valence-corrected chi connectivity index (χ4v) is 4.59.